The first-order valence-corrected chi connectivity index (χ1v) is 11.1. The van der Waals surface area contributed by atoms with Crippen LogP contribution in [0.25, 0.3) is 0 Å². The summed E-state index contributed by atoms with van der Waals surface area (Å²) in [7, 11) is 0. The van der Waals surface area contributed by atoms with E-state index in [4.69, 9.17) is 9.05 Å². The third-order valence-electron chi connectivity index (χ3n) is 2.07. The molecule has 1 aliphatic heterocycles. The molecule has 4 nitrogen and oxygen atoms in total. The zero-order valence-electron chi connectivity index (χ0n) is 12.2. The summed E-state index contributed by atoms with van der Waals surface area (Å²) in [5.74, 6) is 2.90. The smallest absolute Gasteiger partial charge is 0.312 e. The molecule has 1 aliphatic rings. The summed E-state index contributed by atoms with van der Waals surface area (Å²) in [5, 5.41) is 3.10. The fraction of sp³-hybridized carbons (Fsp3) is 0.917. The first-order chi connectivity index (χ1) is 9.18. The van der Waals surface area contributed by atoms with Gasteiger partial charge in [-0.05, 0) is 50.4 Å². The summed E-state index contributed by atoms with van der Waals surface area (Å²) < 4.78 is 22.2. The number of hydrogen-bond donors (Lipinski definition) is 1. The van der Waals surface area contributed by atoms with Crippen molar-refractivity contribution in [3.8, 4) is 0 Å². The summed E-state index contributed by atoms with van der Waals surface area (Å²) in [4.78, 5) is 0. The van der Waals surface area contributed by atoms with Crippen molar-refractivity contribution in [2.45, 2.75) is 33.6 Å². The average molecular weight is 328 g/mol. The Balaban J connectivity index is 0.000000532. The van der Waals surface area contributed by atoms with Crippen LogP contribution in [0.5, 0.6) is 0 Å². The van der Waals surface area contributed by atoms with Gasteiger partial charge in [0.05, 0.1) is 13.2 Å². The van der Waals surface area contributed by atoms with Gasteiger partial charge in [0.15, 0.2) is 0 Å². The molecule has 0 aromatic rings. The lowest BCUT2D eigenvalue weighted by atomic mass is 10.4. The maximum absolute atomic E-state index is 11.9. The third kappa shape index (κ3) is 12.3. The van der Waals surface area contributed by atoms with Crippen LogP contribution in [0, 0.1) is 6.54 Å². The van der Waals surface area contributed by atoms with Gasteiger partial charge in [0.25, 0.3) is 0 Å². The highest BCUT2D eigenvalue weighted by Crippen LogP contribution is 2.60. The monoisotopic (exact) mass is 328 g/mol. The zero-order valence-corrected chi connectivity index (χ0v) is 14.8. The summed E-state index contributed by atoms with van der Waals surface area (Å²) in [6.07, 6.45) is 2.60. The Bertz CT molecular complexity index is 223. The molecule has 0 bridgehead atoms. The second-order valence-corrected chi connectivity index (χ2v) is 9.20. The molecule has 1 heterocycles. The van der Waals surface area contributed by atoms with Gasteiger partial charge in [-0.1, -0.05) is 6.92 Å². The van der Waals surface area contributed by atoms with E-state index in [0.717, 1.165) is 17.3 Å². The fourth-order valence-corrected chi connectivity index (χ4v) is 5.85. The minimum atomic E-state index is -2.86. The molecular weight excluding hydrogens is 301 g/mol. The van der Waals surface area contributed by atoms with Crippen LogP contribution in [-0.4, -0.2) is 37.0 Å². The van der Waals surface area contributed by atoms with E-state index in [1.165, 1.54) is 30.8 Å². The van der Waals surface area contributed by atoms with Gasteiger partial charge in [0.2, 0.25) is 0 Å². The maximum atomic E-state index is 11.9. The highest BCUT2D eigenvalue weighted by Gasteiger charge is 2.23. The fourth-order valence-electron chi connectivity index (χ4n) is 1.29. The summed E-state index contributed by atoms with van der Waals surface area (Å²) in [6, 6.07) is 0. The van der Waals surface area contributed by atoms with Crippen molar-refractivity contribution in [2.75, 3.05) is 37.0 Å². The molecule has 115 valence electrons. The topological polar surface area (TPSA) is 47.6 Å². The summed E-state index contributed by atoms with van der Waals surface area (Å²) in [6.45, 7) is 7.08. The van der Waals surface area contributed by atoms with Crippen LogP contribution in [0.15, 0.2) is 0 Å². The molecule has 1 fully saturated rings. The highest BCUT2D eigenvalue weighted by molar-refractivity contribution is 8.55. The van der Waals surface area contributed by atoms with Crippen LogP contribution >= 0.6 is 29.9 Å². The van der Waals surface area contributed by atoms with Gasteiger partial charge in [0.1, 0.15) is 0 Å². The molecule has 0 aliphatic carbocycles. The number of hydrogen-bond acceptors (Lipinski definition) is 6. The Kier molecular flexibility index (Phi) is 14.4. The van der Waals surface area contributed by atoms with Gasteiger partial charge in [-0.25, -0.2) is 4.57 Å². The van der Waals surface area contributed by atoms with Crippen LogP contribution in [0.4, 0.5) is 0 Å². The van der Waals surface area contributed by atoms with Crippen molar-refractivity contribution in [1.82, 2.24) is 5.32 Å². The number of thioether (sulfide) groups is 1. The molecule has 0 amide bonds. The van der Waals surface area contributed by atoms with Crippen molar-refractivity contribution in [1.29, 1.82) is 0 Å². The molecule has 1 radical (unpaired) electrons. The maximum Gasteiger partial charge on any atom is 0.389 e. The van der Waals surface area contributed by atoms with Crippen LogP contribution in [-0.2, 0) is 13.6 Å². The third-order valence-corrected chi connectivity index (χ3v) is 7.21. The number of rotatable bonds is 9. The van der Waals surface area contributed by atoms with Crippen LogP contribution in [0.2, 0.25) is 0 Å². The van der Waals surface area contributed by atoms with Crippen molar-refractivity contribution in [3.63, 3.8) is 0 Å². The molecule has 0 atom stereocenters. The Morgan fingerprint density at radius 3 is 2.26 bits per heavy atom. The van der Waals surface area contributed by atoms with E-state index in [-0.39, 0.29) is 0 Å². The summed E-state index contributed by atoms with van der Waals surface area (Å²) in [5.41, 5.74) is 0. The average Bonchev–Trinajstić information content (AvgIpc) is 2.94. The minimum Gasteiger partial charge on any atom is -0.312 e. The largest absolute Gasteiger partial charge is 0.389 e. The zero-order chi connectivity index (χ0) is 14.4. The van der Waals surface area contributed by atoms with Gasteiger partial charge in [-0.2, -0.15) is 11.8 Å². The van der Waals surface area contributed by atoms with Crippen LogP contribution < -0.4 is 5.32 Å². The minimum absolute atomic E-state index is 0.436. The van der Waals surface area contributed by atoms with Gasteiger partial charge < -0.3 is 14.4 Å². The van der Waals surface area contributed by atoms with E-state index in [1.54, 1.807) is 0 Å². The van der Waals surface area contributed by atoms with Crippen molar-refractivity contribution in [3.05, 3.63) is 6.54 Å². The van der Waals surface area contributed by atoms with E-state index < -0.39 is 6.80 Å². The Labute approximate surface area is 126 Å². The predicted molar refractivity (Wildman–Crippen MR) is 87.9 cm³/mol. The highest BCUT2D eigenvalue weighted by atomic mass is 32.7. The van der Waals surface area contributed by atoms with Gasteiger partial charge >= 0.3 is 6.80 Å². The molecule has 1 saturated heterocycles. The van der Waals surface area contributed by atoms with E-state index in [0.29, 0.717) is 13.2 Å². The second-order valence-electron chi connectivity index (χ2n) is 3.61. The van der Waals surface area contributed by atoms with Gasteiger partial charge in [0, 0.05) is 18.1 Å². The molecule has 19 heavy (non-hydrogen) atoms. The molecular formula is C12H27NO3PS2. The van der Waals surface area contributed by atoms with Crippen molar-refractivity contribution >= 4 is 29.9 Å². The second kappa shape index (κ2) is 13.8. The lowest BCUT2D eigenvalue weighted by molar-refractivity contribution is 0.237. The van der Waals surface area contributed by atoms with Crippen LogP contribution in [0.3, 0.4) is 0 Å². The molecule has 0 unspecified atom stereocenters. The Morgan fingerprint density at radius 2 is 1.89 bits per heavy atom. The Morgan fingerprint density at radius 1 is 1.21 bits per heavy atom. The molecule has 0 saturated carbocycles. The molecule has 1 N–H and O–H groups in total. The molecule has 0 spiro atoms. The molecule has 0 aromatic heterocycles. The first-order valence-electron chi connectivity index (χ1n) is 6.85. The summed E-state index contributed by atoms with van der Waals surface area (Å²) >= 11 is 3.14. The normalized spacial score (nSPS) is 15.1. The van der Waals surface area contributed by atoms with Crippen molar-refractivity contribution < 1.29 is 13.6 Å². The van der Waals surface area contributed by atoms with E-state index in [9.17, 15) is 4.57 Å². The number of nitrogens with one attached hydrogen (secondary N) is 1. The SMILES string of the molecule is CCOP(=O)(OCC)SCCSCC.[CH]1CCCN1. The Hall–Kier alpha value is 0.810. The molecule has 0 aromatic carbocycles. The predicted octanol–water partition coefficient (Wildman–Crippen LogP) is 4.19. The van der Waals surface area contributed by atoms with E-state index >= 15 is 0 Å². The lowest BCUT2D eigenvalue weighted by Crippen LogP contribution is -1.98. The quantitative estimate of drug-likeness (QED) is 0.506. The lowest BCUT2D eigenvalue weighted by Gasteiger charge is -2.15. The molecule has 1 rings (SSSR count). The molecule has 7 heteroatoms. The first kappa shape index (κ1) is 19.8. The van der Waals surface area contributed by atoms with Crippen molar-refractivity contribution in [2.24, 2.45) is 0 Å². The van der Waals surface area contributed by atoms with E-state index in [2.05, 4.69) is 18.8 Å². The van der Waals surface area contributed by atoms with Gasteiger partial charge in [-0.3, -0.25) is 0 Å². The van der Waals surface area contributed by atoms with Crippen LogP contribution in [0.1, 0.15) is 33.6 Å². The van der Waals surface area contributed by atoms with Gasteiger partial charge in [-0.15, -0.1) is 0 Å². The standard InChI is InChI=1S/C8H19O3PS2.C4H8N/c1-4-10-12(9,11-5-2)14-8-7-13-6-3;1-2-4-5-3-1/h4-8H2,1-3H3;3,5H,1-2,4H2. The van der Waals surface area contributed by atoms with E-state index in [1.807, 2.05) is 25.6 Å².